The van der Waals surface area contributed by atoms with Crippen molar-refractivity contribution in [2.24, 2.45) is 11.8 Å². The molecule has 3 heterocycles. The minimum atomic E-state index is 0.601. The number of ether oxygens (including phenoxy) is 1. The van der Waals surface area contributed by atoms with Gasteiger partial charge in [0.1, 0.15) is 0 Å². The molecule has 4 heteroatoms. The average Bonchev–Trinajstić information content (AvgIpc) is 3.11. The zero-order valence-electron chi connectivity index (χ0n) is 15.2. The van der Waals surface area contributed by atoms with Gasteiger partial charge in [-0.15, -0.1) is 0 Å². The monoisotopic (exact) mass is 329 g/mol. The second-order valence-electron chi connectivity index (χ2n) is 7.88. The molecule has 3 atom stereocenters. The molecular weight excluding hydrogens is 298 g/mol. The van der Waals surface area contributed by atoms with Crippen LogP contribution in [-0.4, -0.2) is 80.8 Å². The van der Waals surface area contributed by atoms with E-state index in [0.717, 1.165) is 38.1 Å². The summed E-state index contributed by atoms with van der Waals surface area (Å²) < 4.78 is 5.46. The fraction of sp³-hybridized carbons (Fsp3) is 0.700. The SMILES string of the molecule is Cc1ccccc1[C@H]1[C@@H]2CN(CCN3CCOCC3)C[C@@H]2CN1C. The van der Waals surface area contributed by atoms with Crippen LogP contribution in [0.2, 0.25) is 0 Å². The van der Waals surface area contributed by atoms with E-state index in [9.17, 15) is 0 Å². The Morgan fingerprint density at radius 1 is 1.00 bits per heavy atom. The van der Waals surface area contributed by atoms with Gasteiger partial charge in [-0.05, 0) is 36.9 Å². The van der Waals surface area contributed by atoms with Gasteiger partial charge in [-0.25, -0.2) is 0 Å². The van der Waals surface area contributed by atoms with Gasteiger partial charge in [0.25, 0.3) is 0 Å². The number of hydrogen-bond donors (Lipinski definition) is 0. The van der Waals surface area contributed by atoms with Crippen molar-refractivity contribution in [3.05, 3.63) is 35.4 Å². The molecule has 132 valence electrons. The van der Waals surface area contributed by atoms with E-state index in [1.54, 1.807) is 5.56 Å². The predicted octanol–water partition coefficient (Wildman–Crippen LogP) is 1.86. The fourth-order valence-corrected chi connectivity index (χ4v) is 5.03. The molecule has 0 N–H and O–H groups in total. The van der Waals surface area contributed by atoms with E-state index < -0.39 is 0 Å². The number of rotatable bonds is 4. The highest BCUT2D eigenvalue weighted by Crippen LogP contribution is 2.44. The predicted molar refractivity (Wildman–Crippen MR) is 97.2 cm³/mol. The largest absolute Gasteiger partial charge is 0.379 e. The Morgan fingerprint density at radius 3 is 2.54 bits per heavy atom. The van der Waals surface area contributed by atoms with E-state index in [4.69, 9.17) is 4.74 Å². The lowest BCUT2D eigenvalue weighted by atomic mass is 9.88. The first kappa shape index (κ1) is 16.5. The van der Waals surface area contributed by atoms with Crippen LogP contribution in [0.15, 0.2) is 24.3 Å². The third kappa shape index (κ3) is 3.25. The van der Waals surface area contributed by atoms with Crippen LogP contribution in [0.5, 0.6) is 0 Å². The number of morpholine rings is 1. The van der Waals surface area contributed by atoms with Crippen LogP contribution in [0, 0.1) is 18.8 Å². The molecule has 1 aromatic rings. The Morgan fingerprint density at radius 2 is 1.75 bits per heavy atom. The lowest BCUT2D eigenvalue weighted by molar-refractivity contribution is 0.0338. The summed E-state index contributed by atoms with van der Waals surface area (Å²) in [5.74, 6) is 1.63. The van der Waals surface area contributed by atoms with Crippen LogP contribution >= 0.6 is 0 Å². The van der Waals surface area contributed by atoms with Gasteiger partial charge >= 0.3 is 0 Å². The Hall–Kier alpha value is -0.940. The molecule has 0 saturated carbocycles. The first-order valence-electron chi connectivity index (χ1n) is 9.50. The summed E-state index contributed by atoms with van der Waals surface area (Å²) in [7, 11) is 2.31. The molecule has 0 bridgehead atoms. The summed E-state index contributed by atoms with van der Waals surface area (Å²) in [6.45, 7) is 12.5. The molecule has 0 aliphatic carbocycles. The number of nitrogens with zero attached hydrogens (tertiary/aromatic N) is 3. The van der Waals surface area contributed by atoms with Crippen LogP contribution in [0.4, 0.5) is 0 Å². The van der Waals surface area contributed by atoms with Crippen LogP contribution in [-0.2, 0) is 4.74 Å². The number of aryl methyl sites for hydroxylation is 1. The zero-order chi connectivity index (χ0) is 16.5. The minimum Gasteiger partial charge on any atom is -0.379 e. The maximum absolute atomic E-state index is 5.46. The van der Waals surface area contributed by atoms with Crippen molar-refractivity contribution in [3.8, 4) is 0 Å². The molecule has 3 fully saturated rings. The summed E-state index contributed by atoms with van der Waals surface area (Å²) >= 11 is 0. The maximum atomic E-state index is 5.46. The van der Waals surface area contributed by atoms with Crippen LogP contribution in [0.3, 0.4) is 0 Å². The second-order valence-corrected chi connectivity index (χ2v) is 7.88. The number of likely N-dealkylation sites (tertiary alicyclic amines) is 2. The van der Waals surface area contributed by atoms with Crippen LogP contribution < -0.4 is 0 Å². The molecule has 3 saturated heterocycles. The molecule has 0 unspecified atom stereocenters. The Kier molecular flexibility index (Phi) is 4.90. The van der Waals surface area contributed by atoms with Crippen molar-refractivity contribution in [1.82, 2.24) is 14.7 Å². The highest BCUT2D eigenvalue weighted by atomic mass is 16.5. The Balaban J connectivity index is 1.39. The molecule has 3 aliphatic heterocycles. The van der Waals surface area contributed by atoms with Gasteiger partial charge < -0.3 is 9.64 Å². The van der Waals surface area contributed by atoms with Gasteiger partial charge in [-0.1, -0.05) is 24.3 Å². The van der Waals surface area contributed by atoms with Gasteiger partial charge in [-0.2, -0.15) is 0 Å². The van der Waals surface area contributed by atoms with E-state index in [0.29, 0.717) is 6.04 Å². The molecule has 0 amide bonds. The first-order valence-corrected chi connectivity index (χ1v) is 9.50. The molecule has 3 aliphatic rings. The molecule has 24 heavy (non-hydrogen) atoms. The Labute approximate surface area is 146 Å². The first-order chi connectivity index (χ1) is 11.7. The summed E-state index contributed by atoms with van der Waals surface area (Å²) in [6.07, 6.45) is 0. The highest BCUT2D eigenvalue weighted by Gasteiger charge is 2.46. The second kappa shape index (κ2) is 7.12. The van der Waals surface area contributed by atoms with E-state index in [-0.39, 0.29) is 0 Å². The van der Waals surface area contributed by atoms with Crippen molar-refractivity contribution in [3.63, 3.8) is 0 Å². The normalized spacial score (nSPS) is 32.3. The zero-order valence-corrected chi connectivity index (χ0v) is 15.2. The number of fused-ring (bicyclic) bond motifs is 1. The molecule has 0 radical (unpaired) electrons. The maximum Gasteiger partial charge on any atom is 0.0594 e. The molecule has 4 rings (SSSR count). The highest BCUT2D eigenvalue weighted by molar-refractivity contribution is 5.31. The van der Waals surface area contributed by atoms with E-state index in [2.05, 4.69) is 52.9 Å². The number of benzene rings is 1. The molecular formula is C20H31N3O. The third-order valence-electron chi connectivity index (χ3n) is 6.31. The lowest BCUT2D eigenvalue weighted by Crippen LogP contribution is -2.41. The molecule has 1 aromatic carbocycles. The van der Waals surface area contributed by atoms with Gasteiger partial charge in [-0.3, -0.25) is 9.80 Å². The van der Waals surface area contributed by atoms with Gasteiger partial charge in [0.2, 0.25) is 0 Å². The number of hydrogen-bond acceptors (Lipinski definition) is 4. The van der Waals surface area contributed by atoms with Crippen LogP contribution in [0.25, 0.3) is 0 Å². The summed E-state index contributed by atoms with van der Waals surface area (Å²) in [4.78, 5) is 7.86. The third-order valence-corrected chi connectivity index (χ3v) is 6.31. The van der Waals surface area contributed by atoms with Gasteiger partial charge in [0.15, 0.2) is 0 Å². The van der Waals surface area contributed by atoms with Crippen molar-refractivity contribution in [2.75, 3.05) is 66.1 Å². The molecule has 4 nitrogen and oxygen atoms in total. The summed E-state index contributed by atoms with van der Waals surface area (Å²) in [5, 5.41) is 0. The lowest BCUT2D eigenvalue weighted by Gasteiger charge is -2.30. The van der Waals surface area contributed by atoms with Crippen LogP contribution in [0.1, 0.15) is 17.2 Å². The smallest absolute Gasteiger partial charge is 0.0594 e. The van der Waals surface area contributed by atoms with Crippen molar-refractivity contribution < 1.29 is 4.74 Å². The fourth-order valence-electron chi connectivity index (χ4n) is 5.03. The molecule has 0 spiro atoms. The minimum absolute atomic E-state index is 0.601. The van der Waals surface area contributed by atoms with E-state index >= 15 is 0 Å². The van der Waals surface area contributed by atoms with Gasteiger partial charge in [0.05, 0.1) is 13.2 Å². The summed E-state index contributed by atoms with van der Waals surface area (Å²) in [5.41, 5.74) is 2.99. The van der Waals surface area contributed by atoms with Gasteiger partial charge in [0, 0.05) is 51.9 Å². The van der Waals surface area contributed by atoms with E-state index in [1.807, 2.05) is 0 Å². The quantitative estimate of drug-likeness (QED) is 0.839. The molecule has 0 aromatic heterocycles. The van der Waals surface area contributed by atoms with E-state index in [1.165, 1.54) is 38.3 Å². The topological polar surface area (TPSA) is 19.0 Å². The van der Waals surface area contributed by atoms with Crippen molar-refractivity contribution in [1.29, 1.82) is 0 Å². The average molecular weight is 329 g/mol. The van der Waals surface area contributed by atoms with Crippen molar-refractivity contribution in [2.45, 2.75) is 13.0 Å². The summed E-state index contributed by atoms with van der Waals surface area (Å²) in [6, 6.07) is 9.57. The standard InChI is InChI=1S/C20H31N3O/c1-16-5-3-4-6-18(16)20-19-15-23(14-17(19)13-21(20)2)8-7-22-9-11-24-12-10-22/h3-6,17,19-20H,7-15H2,1-2H3/t17-,19+,20-/m0/s1. The Bertz CT molecular complexity index is 558. The van der Waals surface area contributed by atoms with Crippen molar-refractivity contribution >= 4 is 0 Å².